The number of morpholine rings is 1. The Kier molecular flexibility index (Phi) is 10.5. The van der Waals surface area contributed by atoms with Gasteiger partial charge in [0.1, 0.15) is 24.5 Å². The number of carbonyl (C=O) groups is 1. The Hall–Kier alpha value is -4.50. The number of carboxylic acids is 1. The average molecular weight is 662 g/mol. The molecule has 2 aromatic carbocycles. The van der Waals surface area contributed by atoms with Crippen molar-refractivity contribution in [3.63, 3.8) is 0 Å². The van der Waals surface area contributed by atoms with E-state index in [-0.39, 0.29) is 36.1 Å². The molecule has 6 rings (SSSR count). The molecule has 4 aromatic rings. The third kappa shape index (κ3) is 8.31. The molecule has 48 heavy (non-hydrogen) atoms. The van der Waals surface area contributed by atoms with Crippen molar-refractivity contribution in [2.75, 3.05) is 72.0 Å². The summed E-state index contributed by atoms with van der Waals surface area (Å²) in [4.78, 5) is 40.0. The number of hydrogen-bond acceptors (Lipinski definition) is 11. The number of likely N-dealkylation sites (tertiary alicyclic amines) is 1. The molecule has 14 heteroatoms. The number of nitrogens with zero attached hydrogens (tertiary/aromatic N) is 5. The normalized spacial score (nSPS) is 16.8. The van der Waals surface area contributed by atoms with Gasteiger partial charge < -0.3 is 34.8 Å². The second-order valence-electron chi connectivity index (χ2n) is 12.4. The molecule has 2 saturated heterocycles. The van der Waals surface area contributed by atoms with Crippen molar-refractivity contribution in [2.45, 2.75) is 38.0 Å². The maximum Gasteiger partial charge on any atom is 0.328 e. The zero-order chi connectivity index (χ0) is 33.5. The second-order valence-corrected chi connectivity index (χ2v) is 12.4. The van der Waals surface area contributed by atoms with Gasteiger partial charge in [0.2, 0.25) is 0 Å². The molecule has 0 atom stereocenters. The molecule has 2 aromatic heterocycles. The number of hydrogen-bond donors (Lipinski definition) is 3. The molecule has 0 unspecified atom stereocenters. The number of imidazole rings is 1. The first kappa shape index (κ1) is 33.4. The van der Waals surface area contributed by atoms with E-state index in [2.05, 4.69) is 36.9 Å². The largest absolute Gasteiger partial charge is 0.492 e. The predicted molar refractivity (Wildman–Crippen MR) is 178 cm³/mol. The number of anilines is 1. The molecule has 4 heterocycles. The Bertz CT molecular complexity index is 1750. The molecule has 0 bridgehead atoms. The molecular weight excluding hydrogens is 618 g/mol. The van der Waals surface area contributed by atoms with Crippen molar-refractivity contribution in [1.29, 1.82) is 0 Å². The minimum atomic E-state index is -0.853. The van der Waals surface area contributed by atoms with Crippen molar-refractivity contribution in [3.8, 4) is 11.8 Å². The number of H-pyrrole nitrogens is 1. The molecule has 0 amide bonds. The van der Waals surface area contributed by atoms with Gasteiger partial charge in [-0.3, -0.25) is 19.2 Å². The van der Waals surface area contributed by atoms with Gasteiger partial charge >= 0.3 is 17.7 Å². The number of aromatic amines is 1. The lowest BCUT2D eigenvalue weighted by atomic mass is 9.89. The van der Waals surface area contributed by atoms with E-state index in [1.807, 2.05) is 24.3 Å². The molecule has 256 valence electrons. The van der Waals surface area contributed by atoms with Crippen LogP contribution < -0.4 is 20.9 Å². The van der Waals surface area contributed by atoms with Crippen LogP contribution in [0.4, 0.5) is 5.82 Å². The van der Waals surface area contributed by atoms with Crippen LogP contribution in [0.25, 0.3) is 11.2 Å². The molecule has 2 aliphatic rings. The number of ether oxygens (including phenoxy) is 4. The first-order valence-electron chi connectivity index (χ1n) is 16.3. The fourth-order valence-corrected chi connectivity index (χ4v) is 6.40. The number of piperidine rings is 1. The zero-order valence-electron chi connectivity index (χ0n) is 27.2. The first-order chi connectivity index (χ1) is 23.3. The van der Waals surface area contributed by atoms with Gasteiger partial charge in [0, 0.05) is 46.4 Å². The highest BCUT2D eigenvalue weighted by molar-refractivity contribution is 5.82. The minimum Gasteiger partial charge on any atom is -0.492 e. The van der Waals surface area contributed by atoms with E-state index in [1.165, 1.54) is 10.1 Å². The van der Waals surface area contributed by atoms with Gasteiger partial charge in [0.15, 0.2) is 11.5 Å². The third-order valence-electron chi connectivity index (χ3n) is 8.94. The van der Waals surface area contributed by atoms with Gasteiger partial charge in [-0.1, -0.05) is 36.4 Å². The quantitative estimate of drug-likeness (QED) is 0.169. The summed E-state index contributed by atoms with van der Waals surface area (Å²) in [5.41, 5.74) is 9.30. The smallest absolute Gasteiger partial charge is 0.328 e. The summed E-state index contributed by atoms with van der Waals surface area (Å²) in [6, 6.07) is 15.7. The van der Waals surface area contributed by atoms with Gasteiger partial charge in [-0.25, -0.2) is 4.79 Å². The number of rotatable bonds is 14. The highest BCUT2D eigenvalue weighted by Crippen LogP contribution is 2.31. The van der Waals surface area contributed by atoms with E-state index < -0.39 is 5.97 Å². The van der Waals surface area contributed by atoms with Gasteiger partial charge in [-0.15, -0.1) is 0 Å². The first-order valence-corrected chi connectivity index (χ1v) is 16.3. The van der Waals surface area contributed by atoms with Crippen LogP contribution in [0.2, 0.25) is 0 Å². The minimum absolute atomic E-state index is 0.0140. The number of fused-ring (bicyclic) bond motifs is 1. The highest BCUT2D eigenvalue weighted by Gasteiger charge is 2.39. The lowest BCUT2D eigenvalue weighted by molar-refractivity contribution is -0.137. The maximum atomic E-state index is 12.8. The fourth-order valence-electron chi connectivity index (χ4n) is 6.40. The number of nitrogens with one attached hydrogen (secondary N) is 1. The summed E-state index contributed by atoms with van der Waals surface area (Å²) < 4.78 is 24.4. The monoisotopic (exact) mass is 661 g/mol. The van der Waals surface area contributed by atoms with E-state index >= 15 is 0 Å². The van der Waals surface area contributed by atoms with Crippen LogP contribution in [-0.4, -0.2) is 112 Å². The van der Waals surface area contributed by atoms with E-state index in [0.717, 1.165) is 63.2 Å². The van der Waals surface area contributed by atoms with Crippen molar-refractivity contribution in [3.05, 3.63) is 75.7 Å². The van der Waals surface area contributed by atoms with Crippen LogP contribution in [0.5, 0.6) is 11.8 Å². The number of benzene rings is 2. The lowest BCUT2D eigenvalue weighted by Gasteiger charge is -2.47. The second kappa shape index (κ2) is 15.2. The summed E-state index contributed by atoms with van der Waals surface area (Å²) in [6.45, 7) is 7.49. The van der Waals surface area contributed by atoms with Crippen LogP contribution >= 0.6 is 0 Å². The van der Waals surface area contributed by atoms with Crippen molar-refractivity contribution in [2.24, 2.45) is 0 Å². The Morgan fingerprint density at radius 1 is 0.979 bits per heavy atom. The fraction of sp³-hybridized carbons (Fsp3) is 0.471. The van der Waals surface area contributed by atoms with Gasteiger partial charge in [-0.2, -0.15) is 9.97 Å². The molecule has 0 saturated carbocycles. The molecular formula is C34H43N7O7. The number of methoxy groups -OCH3 is 1. The molecule has 0 aliphatic carbocycles. The van der Waals surface area contributed by atoms with Gasteiger partial charge in [0.05, 0.1) is 31.8 Å². The number of nitrogen functional groups attached to an aromatic ring is 1. The van der Waals surface area contributed by atoms with Gasteiger partial charge in [-0.05, 0) is 41.7 Å². The van der Waals surface area contributed by atoms with E-state index in [4.69, 9.17) is 29.8 Å². The summed E-state index contributed by atoms with van der Waals surface area (Å²) in [6.07, 6.45) is 1.91. The molecule has 2 aliphatic heterocycles. The Balaban J connectivity index is 0.985. The Morgan fingerprint density at radius 3 is 2.50 bits per heavy atom. The number of aliphatic carboxylic acids is 1. The van der Waals surface area contributed by atoms with Crippen LogP contribution in [0.1, 0.15) is 29.5 Å². The van der Waals surface area contributed by atoms with E-state index in [1.54, 1.807) is 19.2 Å². The van der Waals surface area contributed by atoms with E-state index in [0.29, 0.717) is 43.3 Å². The SMILES string of the molecule is COCCOc1nc(N)c2[nH]c(=O)n(Cc3ccc(CN4CCC5(CC4)CN(CCOc4cccc(CC(=O)O)c4)CCO5)cc3)c2n1. The highest BCUT2D eigenvalue weighted by atomic mass is 16.5. The van der Waals surface area contributed by atoms with Gasteiger partial charge in [0.25, 0.3) is 0 Å². The third-order valence-corrected chi connectivity index (χ3v) is 8.94. The molecule has 0 radical (unpaired) electrons. The standard InChI is InChI=1S/C34H43N7O7/c1-45-17-18-47-32-37-30(35)29-31(38-32)41(33(44)36-29)22-25-7-5-24(6-8-25)21-39-11-9-34(10-12-39)23-40(14-16-48-34)13-15-46-27-4-2-3-26(19-27)20-28(42)43/h2-8,19H,9-18,20-23H2,1H3,(H,36,44)(H,42,43)(H2,35,37,38). The maximum absolute atomic E-state index is 12.8. The van der Waals surface area contributed by atoms with Crippen LogP contribution in [0.3, 0.4) is 0 Å². The predicted octanol–water partition coefficient (Wildman–Crippen LogP) is 2.15. The van der Waals surface area contributed by atoms with Crippen molar-refractivity contribution in [1.82, 2.24) is 29.3 Å². The summed E-state index contributed by atoms with van der Waals surface area (Å²) in [7, 11) is 1.58. The van der Waals surface area contributed by atoms with Crippen LogP contribution in [0.15, 0.2) is 53.3 Å². The Labute approximate surface area is 278 Å². The molecule has 1 spiro atoms. The van der Waals surface area contributed by atoms with Crippen molar-refractivity contribution >= 4 is 23.0 Å². The zero-order valence-corrected chi connectivity index (χ0v) is 27.2. The molecule has 2 fully saturated rings. The molecule has 14 nitrogen and oxygen atoms in total. The summed E-state index contributed by atoms with van der Waals surface area (Å²) in [5, 5.41) is 9.05. The summed E-state index contributed by atoms with van der Waals surface area (Å²) >= 11 is 0. The van der Waals surface area contributed by atoms with Crippen LogP contribution in [-0.2, 0) is 33.8 Å². The van der Waals surface area contributed by atoms with Crippen LogP contribution in [0, 0.1) is 0 Å². The number of carboxylic acid groups (broad SMARTS) is 1. The topological polar surface area (TPSA) is 170 Å². The average Bonchev–Trinajstić information content (AvgIpc) is 3.38. The number of nitrogens with two attached hydrogens (primary N) is 1. The number of aromatic nitrogens is 4. The van der Waals surface area contributed by atoms with Crippen molar-refractivity contribution < 1.29 is 28.8 Å². The molecule has 4 N–H and O–H groups in total. The lowest BCUT2D eigenvalue weighted by Crippen LogP contribution is -2.57. The summed E-state index contributed by atoms with van der Waals surface area (Å²) in [5.74, 6) is -0.00327. The Morgan fingerprint density at radius 2 is 1.75 bits per heavy atom. The van der Waals surface area contributed by atoms with E-state index in [9.17, 15) is 9.59 Å².